The number of carbonyl (C=O) groups is 1. The first-order valence-electron chi connectivity index (χ1n) is 5.20. The predicted octanol–water partition coefficient (Wildman–Crippen LogP) is 1.08. The minimum atomic E-state index is -4.97. The molecule has 0 aliphatic carbocycles. The van der Waals surface area contributed by atoms with Gasteiger partial charge in [0.05, 0.1) is 19.2 Å². The van der Waals surface area contributed by atoms with E-state index in [4.69, 9.17) is 9.47 Å². The number of carbonyl (C=O) groups excluding carboxylic acids is 1. The highest BCUT2D eigenvalue weighted by Crippen LogP contribution is 2.41. The minimum Gasteiger partial charge on any atom is -0.481 e. The predicted molar refractivity (Wildman–Crippen MR) is 56.7 cm³/mol. The first-order chi connectivity index (χ1) is 8.90. The molecular formula is C10H10F3N3O3. The number of halogens is 3. The topological polar surface area (TPSA) is 64.6 Å². The molecule has 6 nitrogen and oxygen atoms in total. The van der Waals surface area contributed by atoms with E-state index in [2.05, 4.69) is 9.97 Å². The summed E-state index contributed by atoms with van der Waals surface area (Å²) in [6.07, 6.45) is -4.69. The molecule has 2 rings (SSSR count). The Morgan fingerprint density at radius 1 is 1.42 bits per heavy atom. The first-order valence-corrected chi connectivity index (χ1v) is 5.20. The van der Waals surface area contributed by atoms with Crippen LogP contribution in [0.2, 0.25) is 0 Å². The third-order valence-electron chi connectivity index (χ3n) is 2.72. The maximum Gasteiger partial charge on any atom is 0.471 e. The van der Waals surface area contributed by atoms with Gasteiger partial charge in [0.2, 0.25) is 5.88 Å². The van der Waals surface area contributed by atoms with E-state index in [-0.39, 0.29) is 23.8 Å². The van der Waals surface area contributed by atoms with Gasteiger partial charge in [-0.3, -0.25) is 9.69 Å². The number of nitrogens with zero attached hydrogens (tertiary/aromatic N) is 3. The third-order valence-corrected chi connectivity index (χ3v) is 2.72. The first kappa shape index (κ1) is 13.5. The highest BCUT2D eigenvalue weighted by Gasteiger charge is 2.48. The standard InChI is InChI=1S/C10H10F3N3O3/c1-18-5-3-16(9(17)10(11,12)13)7-6(5)8(19-2)15-4-14-7/h4-5H,3H2,1-2H3. The van der Waals surface area contributed by atoms with Crippen LogP contribution in [0.15, 0.2) is 6.33 Å². The molecule has 1 aromatic rings. The largest absolute Gasteiger partial charge is 0.481 e. The number of aromatic nitrogens is 2. The highest BCUT2D eigenvalue weighted by atomic mass is 19.4. The van der Waals surface area contributed by atoms with Crippen molar-refractivity contribution in [2.24, 2.45) is 0 Å². The summed E-state index contributed by atoms with van der Waals surface area (Å²) in [6.45, 7) is -0.279. The molecule has 0 N–H and O–H groups in total. The van der Waals surface area contributed by atoms with Crippen molar-refractivity contribution in [2.45, 2.75) is 12.3 Å². The molecule has 0 bridgehead atoms. The van der Waals surface area contributed by atoms with Crippen LogP contribution in [0.3, 0.4) is 0 Å². The SMILES string of the molecule is COc1ncnc2c1C(OC)CN2C(=O)C(F)(F)F. The fourth-order valence-electron chi connectivity index (χ4n) is 1.90. The van der Waals surface area contributed by atoms with Crippen LogP contribution in [-0.2, 0) is 9.53 Å². The van der Waals surface area contributed by atoms with E-state index >= 15 is 0 Å². The molecule has 0 fully saturated rings. The lowest BCUT2D eigenvalue weighted by molar-refractivity contribution is -0.170. The normalized spacial score (nSPS) is 18.4. The summed E-state index contributed by atoms with van der Waals surface area (Å²) in [7, 11) is 2.64. The van der Waals surface area contributed by atoms with Gasteiger partial charge in [-0.25, -0.2) is 9.97 Å². The molecular weight excluding hydrogens is 267 g/mol. The summed E-state index contributed by atoms with van der Waals surface area (Å²) in [5, 5.41) is 0. The number of anilines is 1. The highest BCUT2D eigenvalue weighted by molar-refractivity contribution is 5.98. The van der Waals surface area contributed by atoms with Crippen LogP contribution in [0.5, 0.6) is 5.88 Å². The lowest BCUT2D eigenvalue weighted by atomic mass is 10.2. The van der Waals surface area contributed by atoms with Gasteiger partial charge in [0, 0.05) is 7.11 Å². The van der Waals surface area contributed by atoms with Crippen LogP contribution < -0.4 is 9.64 Å². The van der Waals surface area contributed by atoms with Crippen molar-refractivity contribution < 1.29 is 27.4 Å². The summed E-state index contributed by atoms with van der Waals surface area (Å²) in [5.41, 5.74) is 0.241. The van der Waals surface area contributed by atoms with Gasteiger partial charge in [-0.15, -0.1) is 0 Å². The maximum atomic E-state index is 12.5. The van der Waals surface area contributed by atoms with Crippen LogP contribution in [-0.4, -0.2) is 42.8 Å². The summed E-state index contributed by atoms with van der Waals surface area (Å²) < 4.78 is 47.5. The van der Waals surface area contributed by atoms with Gasteiger partial charge < -0.3 is 9.47 Å². The van der Waals surface area contributed by atoms with Gasteiger partial charge in [0.15, 0.2) is 0 Å². The molecule has 1 aromatic heterocycles. The van der Waals surface area contributed by atoms with E-state index in [9.17, 15) is 18.0 Å². The minimum absolute atomic E-state index is 0.0920. The van der Waals surface area contributed by atoms with Gasteiger partial charge in [0.25, 0.3) is 0 Å². The van der Waals surface area contributed by atoms with Crippen molar-refractivity contribution in [1.82, 2.24) is 9.97 Å². The summed E-state index contributed by atoms with van der Waals surface area (Å²) in [6, 6.07) is 0. The van der Waals surface area contributed by atoms with Crippen molar-refractivity contribution >= 4 is 11.7 Å². The number of hydrogen-bond acceptors (Lipinski definition) is 5. The molecule has 19 heavy (non-hydrogen) atoms. The molecule has 1 amide bonds. The number of ether oxygens (including phenoxy) is 2. The fraction of sp³-hybridized carbons (Fsp3) is 0.500. The van der Waals surface area contributed by atoms with Gasteiger partial charge >= 0.3 is 12.1 Å². The smallest absolute Gasteiger partial charge is 0.471 e. The van der Waals surface area contributed by atoms with Gasteiger partial charge in [-0.1, -0.05) is 0 Å². The lowest BCUT2D eigenvalue weighted by Gasteiger charge is -2.17. The molecule has 1 atom stereocenters. The molecule has 0 saturated heterocycles. The zero-order valence-corrected chi connectivity index (χ0v) is 10.1. The molecule has 2 heterocycles. The Balaban J connectivity index is 2.48. The van der Waals surface area contributed by atoms with E-state index in [0.29, 0.717) is 4.90 Å². The maximum absolute atomic E-state index is 12.5. The van der Waals surface area contributed by atoms with E-state index in [0.717, 1.165) is 6.33 Å². The fourth-order valence-corrected chi connectivity index (χ4v) is 1.90. The lowest BCUT2D eigenvalue weighted by Crippen LogP contribution is -2.41. The molecule has 0 radical (unpaired) electrons. The second-order valence-corrected chi connectivity index (χ2v) is 3.76. The zero-order valence-electron chi connectivity index (χ0n) is 10.1. The molecule has 9 heteroatoms. The number of amides is 1. The molecule has 0 aromatic carbocycles. The number of methoxy groups -OCH3 is 2. The monoisotopic (exact) mass is 277 g/mol. The molecule has 1 aliphatic heterocycles. The molecule has 104 valence electrons. The van der Waals surface area contributed by atoms with Crippen molar-refractivity contribution in [2.75, 3.05) is 25.7 Å². The Bertz CT molecular complexity index is 507. The van der Waals surface area contributed by atoms with Crippen LogP contribution in [0.25, 0.3) is 0 Å². The van der Waals surface area contributed by atoms with Gasteiger partial charge in [-0.05, 0) is 0 Å². The van der Waals surface area contributed by atoms with E-state index < -0.39 is 18.2 Å². The number of hydrogen-bond donors (Lipinski definition) is 0. The molecule has 0 saturated carbocycles. The summed E-state index contributed by atoms with van der Waals surface area (Å²) in [5.74, 6) is -2.04. The third kappa shape index (κ3) is 2.21. The van der Waals surface area contributed by atoms with E-state index in [1.165, 1.54) is 14.2 Å². The van der Waals surface area contributed by atoms with Crippen molar-refractivity contribution in [1.29, 1.82) is 0 Å². The van der Waals surface area contributed by atoms with Gasteiger partial charge in [0.1, 0.15) is 18.2 Å². The number of alkyl halides is 3. The molecule has 1 unspecified atom stereocenters. The average molecular weight is 277 g/mol. The van der Waals surface area contributed by atoms with E-state index in [1.807, 2.05) is 0 Å². The Morgan fingerprint density at radius 2 is 2.11 bits per heavy atom. The van der Waals surface area contributed by atoms with Crippen LogP contribution in [0, 0.1) is 0 Å². The second kappa shape index (κ2) is 4.65. The van der Waals surface area contributed by atoms with Crippen LogP contribution in [0.1, 0.15) is 11.7 Å². The van der Waals surface area contributed by atoms with Crippen molar-refractivity contribution in [3.05, 3.63) is 11.9 Å². The number of fused-ring (bicyclic) bond motifs is 1. The Hall–Kier alpha value is -1.90. The molecule has 1 aliphatic rings. The Labute approximate surface area is 106 Å². The van der Waals surface area contributed by atoms with Crippen LogP contribution in [0.4, 0.5) is 19.0 Å². The average Bonchev–Trinajstić information content (AvgIpc) is 2.75. The molecule has 0 spiro atoms. The number of rotatable bonds is 2. The quantitative estimate of drug-likeness (QED) is 0.809. The zero-order chi connectivity index (χ0) is 14.2. The van der Waals surface area contributed by atoms with Crippen molar-refractivity contribution in [3.63, 3.8) is 0 Å². The second-order valence-electron chi connectivity index (χ2n) is 3.76. The van der Waals surface area contributed by atoms with Crippen molar-refractivity contribution in [3.8, 4) is 5.88 Å². The van der Waals surface area contributed by atoms with Crippen LogP contribution >= 0.6 is 0 Å². The Kier molecular flexibility index (Phi) is 3.31. The van der Waals surface area contributed by atoms with Gasteiger partial charge in [-0.2, -0.15) is 13.2 Å². The summed E-state index contributed by atoms with van der Waals surface area (Å²) in [4.78, 5) is 19.4. The summed E-state index contributed by atoms with van der Waals surface area (Å²) >= 11 is 0. The Morgan fingerprint density at radius 3 is 2.63 bits per heavy atom. The van der Waals surface area contributed by atoms with E-state index in [1.54, 1.807) is 0 Å².